The highest BCUT2D eigenvalue weighted by Gasteiger charge is 2.33. The molecular weight excluding hydrogens is 612 g/mol. The standard InChI is InChI=1S/C37H64N4O7/c1-9-10-16-38-35(44)30(27(4)5)24-32(42)31(40-36(45)48-37(6,7)8)23-28(26(2)3)25-39-34(43)29-14-11-12-15-33(29)47-20-13-17-41-18-21-46-22-19-41/h11-12,14-15,26-28,30-32,42H,9-10,13,16-25H2,1-8H3,(H,38,44)(H,39,43)(H,40,45)/t28-,30+,31+,32+/m1/s1. The highest BCUT2D eigenvalue weighted by Crippen LogP contribution is 2.25. The molecule has 2 rings (SSSR count). The number of carbonyl (C=O) groups excluding carboxylic acids is 3. The number of hydrogen-bond donors (Lipinski definition) is 4. The van der Waals surface area contributed by atoms with E-state index in [1.165, 1.54) is 0 Å². The van der Waals surface area contributed by atoms with Crippen LogP contribution in [0.25, 0.3) is 0 Å². The summed E-state index contributed by atoms with van der Waals surface area (Å²) in [6.45, 7) is 21.1. The molecule has 48 heavy (non-hydrogen) atoms. The molecule has 1 aliphatic rings. The number of ether oxygens (including phenoxy) is 3. The summed E-state index contributed by atoms with van der Waals surface area (Å²) in [5.41, 5.74) is -0.258. The Hall–Kier alpha value is -2.89. The molecule has 1 aromatic carbocycles. The van der Waals surface area contributed by atoms with Crippen molar-refractivity contribution >= 4 is 17.9 Å². The Kier molecular flexibility index (Phi) is 18.3. The second-order valence-electron chi connectivity index (χ2n) is 14.7. The molecule has 1 aliphatic heterocycles. The lowest BCUT2D eigenvalue weighted by molar-refractivity contribution is -0.127. The van der Waals surface area contributed by atoms with Crippen molar-refractivity contribution in [2.45, 2.75) is 105 Å². The van der Waals surface area contributed by atoms with Crippen LogP contribution in [0.5, 0.6) is 5.75 Å². The number of para-hydroxylation sites is 1. The summed E-state index contributed by atoms with van der Waals surface area (Å²) < 4.78 is 17.0. The lowest BCUT2D eigenvalue weighted by Crippen LogP contribution is -2.49. The van der Waals surface area contributed by atoms with Crippen molar-refractivity contribution in [2.24, 2.45) is 23.7 Å². The number of aliphatic hydroxyl groups excluding tert-OH is 1. The van der Waals surface area contributed by atoms with Gasteiger partial charge in [-0.15, -0.1) is 0 Å². The van der Waals surface area contributed by atoms with Crippen molar-refractivity contribution in [1.29, 1.82) is 0 Å². The maximum absolute atomic E-state index is 13.4. The second-order valence-corrected chi connectivity index (χ2v) is 14.7. The smallest absolute Gasteiger partial charge is 0.407 e. The van der Waals surface area contributed by atoms with Gasteiger partial charge >= 0.3 is 6.09 Å². The van der Waals surface area contributed by atoms with Gasteiger partial charge in [0.2, 0.25) is 5.91 Å². The maximum atomic E-state index is 13.4. The van der Waals surface area contributed by atoms with E-state index >= 15 is 0 Å². The SMILES string of the molecule is CCCCNC(=O)[C@@H](C[C@H](O)[C@H](C[C@H](CNC(=O)c1ccccc1OCCCN1CCOCC1)C(C)C)NC(=O)OC(C)(C)C)C(C)C. The number of rotatable bonds is 20. The van der Waals surface area contributed by atoms with Gasteiger partial charge < -0.3 is 35.3 Å². The molecule has 0 saturated carbocycles. The Morgan fingerprint density at radius 3 is 2.29 bits per heavy atom. The molecular formula is C37H64N4O7. The van der Waals surface area contributed by atoms with Gasteiger partial charge in [-0.2, -0.15) is 0 Å². The van der Waals surface area contributed by atoms with Crippen molar-refractivity contribution in [1.82, 2.24) is 20.9 Å². The quantitative estimate of drug-likeness (QED) is 0.142. The zero-order chi connectivity index (χ0) is 35.7. The predicted molar refractivity (Wildman–Crippen MR) is 189 cm³/mol. The van der Waals surface area contributed by atoms with Crippen LogP contribution in [-0.4, -0.2) is 98.2 Å². The molecule has 1 fully saturated rings. The molecule has 274 valence electrons. The minimum Gasteiger partial charge on any atom is -0.493 e. The Bertz CT molecular complexity index is 1100. The first-order valence-electron chi connectivity index (χ1n) is 18.0. The van der Waals surface area contributed by atoms with Crippen LogP contribution in [0.15, 0.2) is 24.3 Å². The minimum absolute atomic E-state index is 0.00899. The largest absolute Gasteiger partial charge is 0.493 e. The van der Waals surface area contributed by atoms with E-state index in [0.29, 0.717) is 37.4 Å². The second kappa shape index (κ2) is 21.3. The lowest BCUT2D eigenvalue weighted by Gasteiger charge is -2.33. The fourth-order valence-electron chi connectivity index (χ4n) is 5.71. The third kappa shape index (κ3) is 15.6. The van der Waals surface area contributed by atoms with E-state index in [1.54, 1.807) is 26.8 Å². The Balaban J connectivity index is 2.11. The topological polar surface area (TPSA) is 138 Å². The van der Waals surface area contributed by atoms with Gasteiger partial charge in [0, 0.05) is 38.6 Å². The number of nitrogens with zero attached hydrogens (tertiary/aromatic N) is 1. The van der Waals surface area contributed by atoms with Gasteiger partial charge in [0.15, 0.2) is 0 Å². The molecule has 3 amide bonds. The summed E-state index contributed by atoms with van der Waals surface area (Å²) in [4.78, 5) is 41.8. The monoisotopic (exact) mass is 676 g/mol. The fraction of sp³-hybridized carbons (Fsp3) is 0.757. The molecule has 0 spiro atoms. The minimum atomic E-state index is -1.01. The molecule has 11 heteroatoms. The van der Waals surface area contributed by atoms with Crippen LogP contribution in [0.4, 0.5) is 4.79 Å². The number of alkyl carbamates (subject to hydrolysis) is 1. The number of nitrogens with one attached hydrogen (secondary N) is 3. The zero-order valence-corrected chi connectivity index (χ0v) is 30.8. The van der Waals surface area contributed by atoms with E-state index in [4.69, 9.17) is 14.2 Å². The Labute approximate surface area is 289 Å². The van der Waals surface area contributed by atoms with E-state index in [9.17, 15) is 19.5 Å². The van der Waals surface area contributed by atoms with E-state index in [0.717, 1.165) is 52.1 Å². The summed E-state index contributed by atoms with van der Waals surface area (Å²) >= 11 is 0. The molecule has 0 unspecified atom stereocenters. The van der Waals surface area contributed by atoms with E-state index < -0.39 is 29.8 Å². The summed E-state index contributed by atoms with van der Waals surface area (Å²) in [5, 5.41) is 20.5. The summed E-state index contributed by atoms with van der Waals surface area (Å²) in [7, 11) is 0. The van der Waals surface area contributed by atoms with Gasteiger partial charge in [-0.1, -0.05) is 53.2 Å². The molecule has 4 N–H and O–H groups in total. The molecule has 11 nitrogen and oxygen atoms in total. The van der Waals surface area contributed by atoms with Gasteiger partial charge in [-0.25, -0.2) is 4.79 Å². The average Bonchev–Trinajstić information content (AvgIpc) is 3.02. The maximum Gasteiger partial charge on any atom is 0.407 e. The predicted octanol–water partition coefficient (Wildman–Crippen LogP) is 5.01. The summed E-state index contributed by atoms with van der Waals surface area (Å²) in [5.74, 6) is -0.220. The Morgan fingerprint density at radius 1 is 0.979 bits per heavy atom. The molecule has 1 heterocycles. The molecule has 1 aromatic rings. The van der Waals surface area contributed by atoms with E-state index in [2.05, 4.69) is 41.6 Å². The average molecular weight is 677 g/mol. The molecule has 0 radical (unpaired) electrons. The number of morpholine rings is 1. The number of aliphatic hydroxyl groups is 1. The van der Waals surface area contributed by atoms with E-state index in [1.807, 2.05) is 32.0 Å². The lowest BCUT2D eigenvalue weighted by atomic mass is 9.82. The van der Waals surface area contributed by atoms with Crippen LogP contribution in [-0.2, 0) is 14.3 Å². The summed E-state index contributed by atoms with van der Waals surface area (Å²) in [6, 6.07) is 6.54. The molecule has 0 bridgehead atoms. The normalized spacial score (nSPS) is 16.6. The van der Waals surface area contributed by atoms with Crippen molar-refractivity contribution < 1.29 is 33.7 Å². The van der Waals surface area contributed by atoms with Crippen molar-refractivity contribution in [2.75, 3.05) is 52.5 Å². The first-order valence-corrected chi connectivity index (χ1v) is 18.0. The van der Waals surface area contributed by atoms with Gasteiger partial charge in [0.05, 0.1) is 37.5 Å². The highest BCUT2D eigenvalue weighted by molar-refractivity contribution is 5.96. The molecule has 1 saturated heterocycles. The van der Waals surface area contributed by atoms with Crippen molar-refractivity contribution in [3.8, 4) is 5.75 Å². The zero-order valence-electron chi connectivity index (χ0n) is 30.8. The fourth-order valence-corrected chi connectivity index (χ4v) is 5.71. The number of benzene rings is 1. The van der Waals surface area contributed by atoms with Crippen LogP contribution in [0.2, 0.25) is 0 Å². The van der Waals surface area contributed by atoms with Crippen LogP contribution >= 0.6 is 0 Å². The first kappa shape index (κ1) is 41.3. The molecule has 0 aliphatic carbocycles. The number of hydrogen-bond acceptors (Lipinski definition) is 8. The number of unbranched alkanes of at least 4 members (excludes halogenated alkanes) is 1. The number of amides is 3. The van der Waals surface area contributed by atoms with Gasteiger partial charge in [0.1, 0.15) is 11.4 Å². The summed E-state index contributed by atoms with van der Waals surface area (Å²) in [6.07, 6.45) is 1.62. The van der Waals surface area contributed by atoms with Crippen LogP contribution in [0.3, 0.4) is 0 Å². The first-order chi connectivity index (χ1) is 22.7. The van der Waals surface area contributed by atoms with Crippen molar-refractivity contribution in [3.63, 3.8) is 0 Å². The van der Waals surface area contributed by atoms with Crippen molar-refractivity contribution in [3.05, 3.63) is 29.8 Å². The molecule has 4 atom stereocenters. The van der Waals surface area contributed by atoms with Crippen LogP contribution in [0, 0.1) is 23.7 Å². The Morgan fingerprint density at radius 2 is 1.67 bits per heavy atom. The third-order valence-electron chi connectivity index (χ3n) is 8.77. The molecule has 0 aromatic heterocycles. The highest BCUT2D eigenvalue weighted by atomic mass is 16.6. The van der Waals surface area contributed by atoms with Crippen LogP contribution in [0.1, 0.15) is 97.9 Å². The third-order valence-corrected chi connectivity index (χ3v) is 8.77. The van der Waals surface area contributed by atoms with Gasteiger partial charge in [-0.3, -0.25) is 14.5 Å². The van der Waals surface area contributed by atoms with Gasteiger partial charge in [0.25, 0.3) is 5.91 Å². The number of carbonyl (C=O) groups is 3. The van der Waals surface area contributed by atoms with Gasteiger partial charge in [-0.05, 0) is 76.3 Å². The van der Waals surface area contributed by atoms with E-state index in [-0.39, 0.29) is 36.0 Å². The van der Waals surface area contributed by atoms with Crippen LogP contribution < -0.4 is 20.7 Å².